The molecule has 2 aromatic heterocycles. The predicted molar refractivity (Wildman–Crippen MR) is 81.7 cm³/mol. The zero-order valence-electron chi connectivity index (χ0n) is 12.0. The van der Waals surface area contributed by atoms with Crippen LogP contribution in [0.2, 0.25) is 0 Å². The van der Waals surface area contributed by atoms with Crippen molar-refractivity contribution in [1.29, 1.82) is 0 Å². The Balaban J connectivity index is 1.92. The van der Waals surface area contributed by atoms with Gasteiger partial charge in [0.1, 0.15) is 5.82 Å². The Kier molecular flexibility index (Phi) is 3.97. The summed E-state index contributed by atoms with van der Waals surface area (Å²) in [5, 5.41) is 7.89. The molecular formula is C17H18FN3. The van der Waals surface area contributed by atoms with Gasteiger partial charge in [0, 0.05) is 17.8 Å². The number of halogens is 1. The lowest BCUT2D eigenvalue weighted by Gasteiger charge is -2.17. The van der Waals surface area contributed by atoms with E-state index in [0.717, 1.165) is 24.0 Å². The van der Waals surface area contributed by atoms with Gasteiger partial charge < -0.3 is 5.32 Å². The molecule has 21 heavy (non-hydrogen) atoms. The van der Waals surface area contributed by atoms with Crippen LogP contribution in [-0.4, -0.2) is 16.2 Å². The van der Waals surface area contributed by atoms with Gasteiger partial charge in [-0.3, -0.25) is 0 Å². The second-order valence-electron chi connectivity index (χ2n) is 5.07. The van der Waals surface area contributed by atoms with E-state index >= 15 is 0 Å². The fourth-order valence-corrected chi connectivity index (χ4v) is 2.62. The van der Waals surface area contributed by atoms with E-state index in [-0.39, 0.29) is 11.9 Å². The highest BCUT2D eigenvalue weighted by Crippen LogP contribution is 2.23. The fraction of sp³-hybridized carbons (Fsp3) is 0.235. The summed E-state index contributed by atoms with van der Waals surface area (Å²) in [4.78, 5) is 0. The third-order valence-corrected chi connectivity index (χ3v) is 3.64. The van der Waals surface area contributed by atoms with Crippen LogP contribution in [0.25, 0.3) is 5.52 Å². The number of nitrogens with one attached hydrogen (secondary N) is 1. The topological polar surface area (TPSA) is 29.3 Å². The minimum absolute atomic E-state index is 0.167. The summed E-state index contributed by atoms with van der Waals surface area (Å²) in [6.45, 7) is 2.96. The van der Waals surface area contributed by atoms with Crippen molar-refractivity contribution in [2.24, 2.45) is 0 Å². The Morgan fingerprint density at radius 1 is 1.19 bits per heavy atom. The Morgan fingerprint density at radius 3 is 2.76 bits per heavy atom. The maximum absolute atomic E-state index is 13.0. The summed E-state index contributed by atoms with van der Waals surface area (Å²) >= 11 is 0. The molecule has 3 rings (SSSR count). The van der Waals surface area contributed by atoms with Crippen LogP contribution >= 0.6 is 0 Å². The highest BCUT2D eigenvalue weighted by Gasteiger charge is 2.16. The molecule has 0 spiro atoms. The molecule has 3 nitrogen and oxygen atoms in total. The lowest BCUT2D eigenvalue weighted by atomic mass is 10.00. The van der Waals surface area contributed by atoms with Crippen LogP contribution in [0.4, 0.5) is 4.39 Å². The summed E-state index contributed by atoms with van der Waals surface area (Å²) < 4.78 is 14.9. The first-order chi connectivity index (χ1) is 10.3. The summed E-state index contributed by atoms with van der Waals surface area (Å²) in [5.74, 6) is -0.199. The van der Waals surface area contributed by atoms with Crippen molar-refractivity contribution in [3.63, 3.8) is 0 Å². The molecule has 2 heterocycles. The number of benzene rings is 1. The van der Waals surface area contributed by atoms with E-state index in [1.807, 2.05) is 41.2 Å². The molecule has 0 aliphatic heterocycles. The highest BCUT2D eigenvalue weighted by atomic mass is 19.1. The second kappa shape index (κ2) is 6.06. The summed E-state index contributed by atoms with van der Waals surface area (Å²) in [6.07, 6.45) is 4.66. The molecule has 0 aliphatic carbocycles. The number of pyridine rings is 1. The minimum atomic E-state index is -0.199. The molecule has 0 bridgehead atoms. The number of hydrogen-bond donors (Lipinski definition) is 1. The summed E-state index contributed by atoms with van der Waals surface area (Å²) in [6, 6.07) is 12.9. The van der Waals surface area contributed by atoms with Crippen LogP contribution in [-0.2, 0) is 6.42 Å². The molecule has 3 aromatic rings. The van der Waals surface area contributed by atoms with E-state index in [9.17, 15) is 4.39 Å². The first-order valence-electron chi connectivity index (χ1n) is 7.18. The van der Waals surface area contributed by atoms with Crippen LogP contribution in [0, 0.1) is 5.82 Å². The standard InChI is InChI=1S/C17H18FN3/c1-2-19-16(11-13-6-8-14(18)9-7-13)15-12-20-21-10-4-3-5-17(15)21/h3-10,12,16,19H,2,11H2,1H3. The molecule has 4 heteroatoms. The summed E-state index contributed by atoms with van der Waals surface area (Å²) in [5.41, 5.74) is 3.38. The van der Waals surface area contributed by atoms with E-state index in [4.69, 9.17) is 0 Å². The van der Waals surface area contributed by atoms with Crippen LogP contribution in [0.15, 0.2) is 54.9 Å². The number of rotatable bonds is 5. The van der Waals surface area contributed by atoms with Gasteiger partial charge in [0.25, 0.3) is 0 Å². The van der Waals surface area contributed by atoms with E-state index in [1.165, 1.54) is 17.7 Å². The molecule has 0 saturated carbocycles. The molecule has 1 atom stereocenters. The van der Waals surface area contributed by atoms with Gasteiger partial charge in [0.05, 0.1) is 11.7 Å². The fourth-order valence-electron chi connectivity index (χ4n) is 2.62. The van der Waals surface area contributed by atoms with Crippen LogP contribution in [0.5, 0.6) is 0 Å². The van der Waals surface area contributed by atoms with Crippen molar-refractivity contribution >= 4 is 5.52 Å². The van der Waals surface area contributed by atoms with Gasteiger partial charge in [-0.1, -0.05) is 25.1 Å². The molecule has 1 N–H and O–H groups in total. The van der Waals surface area contributed by atoms with E-state index in [0.29, 0.717) is 0 Å². The number of nitrogens with zero attached hydrogens (tertiary/aromatic N) is 2. The predicted octanol–water partition coefficient (Wildman–Crippen LogP) is 3.37. The van der Waals surface area contributed by atoms with Crippen molar-refractivity contribution in [2.45, 2.75) is 19.4 Å². The van der Waals surface area contributed by atoms with Crippen molar-refractivity contribution in [1.82, 2.24) is 14.9 Å². The average Bonchev–Trinajstić information content (AvgIpc) is 2.93. The first-order valence-corrected chi connectivity index (χ1v) is 7.18. The average molecular weight is 283 g/mol. The molecule has 0 saturated heterocycles. The SMILES string of the molecule is CCNC(Cc1ccc(F)cc1)c1cnn2ccccc12. The van der Waals surface area contributed by atoms with Crippen molar-refractivity contribution in [3.05, 3.63) is 71.8 Å². The Morgan fingerprint density at radius 2 is 2.00 bits per heavy atom. The van der Waals surface area contributed by atoms with Gasteiger partial charge in [0.2, 0.25) is 0 Å². The number of hydrogen-bond acceptors (Lipinski definition) is 2. The number of aromatic nitrogens is 2. The van der Waals surface area contributed by atoms with E-state index in [1.54, 1.807) is 0 Å². The quantitative estimate of drug-likeness (QED) is 0.778. The monoisotopic (exact) mass is 283 g/mol. The Hall–Kier alpha value is -2.20. The lowest BCUT2D eigenvalue weighted by molar-refractivity contribution is 0.552. The Labute approximate surface area is 123 Å². The normalized spacial score (nSPS) is 12.7. The molecule has 1 unspecified atom stereocenters. The van der Waals surface area contributed by atoms with Crippen molar-refractivity contribution < 1.29 is 4.39 Å². The highest BCUT2D eigenvalue weighted by molar-refractivity contribution is 5.55. The van der Waals surface area contributed by atoms with Gasteiger partial charge in [-0.15, -0.1) is 0 Å². The molecule has 0 radical (unpaired) electrons. The Bertz CT molecular complexity index is 718. The molecule has 1 aromatic carbocycles. The second-order valence-corrected chi connectivity index (χ2v) is 5.07. The molecular weight excluding hydrogens is 265 g/mol. The van der Waals surface area contributed by atoms with Gasteiger partial charge >= 0.3 is 0 Å². The summed E-state index contributed by atoms with van der Waals surface area (Å²) in [7, 11) is 0. The number of fused-ring (bicyclic) bond motifs is 1. The van der Waals surface area contributed by atoms with Crippen LogP contribution < -0.4 is 5.32 Å². The van der Waals surface area contributed by atoms with Gasteiger partial charge in [-0.25, -0.2) is 8.91 Å². The van der Waals surface area contributed by atoms with Crippen molar-refractivity contribution in [2.75, 3.05) is 6.54 Å². The zero-order chi connectivity index (χ0) is 14.7. The van der Waals surface area contributed by atoms with E-state index in [2.05, 4.69) is 23.4 Å². The van der Waals surface area contributed by atoms with Gasteiger partial charge in [-0.05, 0) is 42.8 Å². The van der Waals surface area contributed by atoms with Crippen LogP contribution in [0.3, 0.4) is 0 Å². The minimum Gasteiger partial charge on any atom is -0.310 e. The third kappa shape index (κ3) is 2.95. The maximum Gasteiger partial charge on any atom is 0.123 e. The van der Waals surface area contributed by atoms with E-state index < -0.39 is 0 Å². The molecule has 108 valence electrons. The van der Waals surface area contributed by atoms with Gasteiger partial charge in [-0.2, -0.15) is 5.10 Å². The number of likely N-dealkylation sites (N-methyl/N-ethyl adjacent to an activating group) is 1. The molecule has 0 aliphatic rings. The molecule has 0 fully saturated rings. The molecule has 0 amide bonds. The largest absolute Gasteiger partial charge is 0.310 e. The van der Waals surface area contributed by atoms with Crippen molar-refractivity contribution in [3.8, 4) is 0 Å². The third-order valence-electron chi connectivity index (χ3n) is 3.64. The zero-order valence-corrected chi connectivity index (χ0v) is 12.0. The maximum atomic E-state index is 13.0. The smallest absolute Gasteiger partial charge is 0.123 e. The van der Waals surface area contributed by atoms with Gasteiger partial charge in [0.15, 0.2) is 0 Å². The first kappa shape index (κ1) is 13.8. The van der Waals surface area contributed by atoms with Crippen LogP contribution in [0.1, 0.15) is 24.1 Å². The lowest BCUT2D eigenvalue weighted by Crippen LogP contribution is -2.22.